The van der Waals surface area contributed by atoms with Crippen LogP contribution in [-0.4, -0.2) is 37.7 Å². The topological polar surface area (TPSA) is 50.5 Å². The molecule has 2 atom stereocenters. The highest BCUT2D eigenvalue weighted by molar-refractivity contribution is 5.35. The minimum atomic E-state index is -0.330. The third-order valence-electron chi connectivity index (χ3n) is 3.64. The first kappa shape index (κ1) is 14.4. The lowest BCUT2D eigenvalue weighted by Crippen LogP contribution is -2.48. The molecule has 0 radical (unpaired) electrons. The summed E-state index contributed by atoms with van der Waals surface area (Å²) in [6, 6.07) is 3.18. The van der Waals surface area contributed by atoms with Gasteiger partial charge in [0.2, 0.25) is 0 Å². The molecule has 0 aromatic heterocycles. The second-order valence-corrected chi connectivity index (χ2v) is 5.29. The fraction of sp³-hybridized carbons (Fsp3) is 0.571. The molecule has 1 aromatic rings. The maximum absolute atomic E-state index is 14.2. The van der Waals surface area contributed by atoms with E-state index in [-0.39, 0.29) is 18.0 Å². The van der Waals surface area contributed by atoms with E-state index in [0.717, 1.165) is 24.2 Å². The Morgan fingerprint density at radius 2 is 2.21 bits per heavy atom. The Balaban J connectivity index is 2.31. The van der Waals surface area contributed by atoms with Crippen molar-refractivity contribution in [3.63, 3.8) is 0 Å². The van der Waals surface area contributed by atoms with Crippen molar-refractivity contribution < 1.29 is 9.13 Å². The quantitative estimate of drug-likeness (QED) is 0.640. The summed E-state index contributed by atoms with van der Waals surface area (Å²) in [6.45, 7) is 6.06. The van der Waals surface area contributed by atoms with Crippen molar-refractivity contribution in [2.45, 2.75) is 26.0 Å². The van der Waals surface area contributed by atoms with E-state index in [0.29, 0.717) is 12.2 Å². The van der Waals surface area contributed by atoms with Crippen LogP contribution in [0.3, 0.4) is 0 Å². The minimum Gasteiger partial charge on any atom is -0.374 e. The van der Waals surface area contributed by atoms with Gasteiger partial charge in [0.05, 0.1) is 18.8 Å². The molecule has 106 valence electrons. The predicted molar refractivity (Wildman–Crippen MR) is 73.2 cm³/mol. The van der Waals surface area contributed by atoms with Gasteiger partial charge >= 0.3 is 0 Å². The first-order chi connectivity index (χ1) is 9.02. The summed E-state index contributed by atoms with van der Waals surface area (Å²) in [4.78, 5) is 2.17. The van der Waals surface area contributed by atoms with E-state index in [1.54, 1.807) is 6.07 Å². The number of hydrogen-bond donors (Lipinski definition) is 2. The molecule has 1 aliphatic heterocycles. The molecule has 2 rings (SSSR count). The van der Waals surface area contributed by atoms with Crippen LogP contribution >= 0.6 is 0 Å². The van der Waals surface area contributed by atoms with Crippen LogP contribution in [0.1, 0.15) is 22.7 Å². The fourth-order valence-electron chi connectivity index (χ4n) is 2.71. The first-order valence-corrected chi connectivity index (χ1v) is 6.56. The third kappa shape index (κ3) is 3.12. The van der Waals surface area contributed by atoms with Crippen LogP contribution in [0.4, 0.5) is 4.39 Å². The highest BCUT2D eigenvalue weighted by Crippen LogP contribution is 2.27. The minimum absolute atomic E-state index is 0.139. The van der Waals surface area contributed by atoms with Gasteiger partial charge in [-0.05, 0) is 38.1 Å². The summed E-state index contributed by atoms with van der Waals surface area (Å²) in [6.07, 6.45) is -0.139. The van der Waals surface area contributed by atoms with Crippen LogP contribution in [0.25, 0.3) is 0 Å². The normalized spacial score (nSPS) is 22.5. The zero-order valence-corrected chi connectivity index (χ0v) is 11.7. The molecule has 1 aromatic carbocycles. The standard InChI is InChI=1S/C14H22FN3O/c1-9-6-10(2)13(11(15)7-9)14(17-16)12-8-18(3)4-5-19-12/h6-7,12,14,17H,4-5,8,16H2,1-3H3. The number of rotatable bonds is 3. The molecule has 4 nitrogen and oxygen atoms in total. The monoisotopic (exact) mass is 267 g/mol. The summed E-state index contributed by atoms with van der Waals surface area (Å²) in [5.41, 5.74) is 5.14. The summed E-state index contributed by atoms with van der Waals surface area (Å²) < 4.78 is 20.0. The van der Waals surface area contributed by atoms with Gasteiger partial charge in [-0.2, -0.15) is 0 Å². The van der Waals surface area contributed by atoms with Gasteiger partial charge in [-0.3, -0.25) is 11.3 Å². The molecule has 0 bridgehead atoms. The average molecular weight is 267 g/mol. The molecule has 0 aliphatic carbocycles. The lowest BCUT2D eigenvalue weighted by Gasteiger charge is -2.35. The molecule has 1 aliphatic rings. The van der Waals surface area contributed by atoms with Crippen molar-refractivity contribution in [3.05, 3.63) is 34.6 Å². The number of nitrogens with one attached hydrogen (secondary N) is 1. The highest BCUT2D eigenvalue weighted by Gasteiger charge is 2.30. The smallest absolute Gasteiger partial charge is 0.128 e. The number of ether oxygens (including phenoxy) is 1. The number of nitrogens with two attached hydrogens (primary N) is 1. The molecule has 0 amide bonds. The summed E-state index contributed by atoms with van der Waals surface area (Å²) in [5.74, 6) is 5.42. The second-order valence-electron chi connectivity index (χ2n) is 5.29. The number of aryl methyl sites for hydroxylation is 2. The van der Waals surface area contributed by atoms with E-state index in [1.165, 1.54) is 0 Å². The van der Waals surface area contributed by atoms with Gasteiger partial charge in [0.15, 0.2) is 0 Å². The fourth-order valence-corrected chi connectivity index (χ4v) is 2.71. The van der Waals surface area contributed by atoms with Gasteiger partial charge in [0.1, 0.15) is 5.82 Å². The highest BCUT2D eigenvalue weighted by atomic mass is 19.1. The van der Waals surface area contributed by atoms with Crippen molar-refractivity contribution >= 4 is 0 Å². The molecule has 5 heteroatoms. The summed E-state index contributed by atoms with van der Waals surface area (Å²) in [5, 5.41) is 0. The van der Waals surface area contributed by atoms with Gasteiger partial charge in [-0.15, -0.1) is 0 Å². The van der Waals surface area contributed by atoms with Gasteiger partial charge in [-0.1, -0.05) is 6.07 Å². The van der Waals surface area contributed by atoms with E-state index in [1.807, 2.05) is 27.0 Å². The van der Waals surface area contributed by atoms with Crippen molar-refractivity contribution in [3.8, 4) is 0 Å². The van der Waals surface area contributed by atoms with E-state index in [4.69, 9.17) is 10.6 Å². The van der Waals surface area contributed by atoms with Gasteiger partial charge in [-0.25, -0.2) is 4.39 Å². The number of hydrazine groups is 1. The predicted octanol–water partition coefficient (Wildman–Crippen LogP) is 1.28. The van der Waals surface area contributed by atoms with Crippen molar-refractivity contribution in [2.75, 3.05) is 26.7 Å². The van der Waals surface area contributed by atoms with E-state index < -0.39 is 0 Å². The van der Waals surface area contributed by atoms with Crippen molar-refractivity contribution in [1.82, 2.24) is 10.3 Å². The molecular formula is C14H22FN3O. The van der Waals surface area contributed by atoms with Crippen LogP contribution in [0, 0.1) is 19.7 Å². The number of hydrogen-bond acceptors (Lipinski definition) is 4. The Kier molecular flexibility index (Phi) is 4.52. The van der Waals surface area contributed by atoms with Crippen LogP contribution in [0.2, 0.25) is 0 Å². The number of morpholine rings is 1. The average Bonchev–Trinajstić information content (AvgIpc) is 2.33. The number of benzene rings is 1. The van der Waals surface area contributed by atoms with E-state index in [2.05, 4.69) is 10.3 Å². The maximum atomic E-state index is 14.2. The Morgan fingerprint density at radius 3 is 2.79 bits per heavy atom. The molecule has 1 saturated heterocycles. The Hall–Kier alpha value is -1.01. The van der Waals surface area contributed by atoms with E-state index in [9.17, 15) is 4.39 Å². The van der Waals surface area contributed by atoms with Gasteiger partial charge in [0.25, 0.3) is 0 Å². The zero-order chi connectivity index (χ0) is 14.0. The van der Waals surface area contributed by atoms with Gasteiger partial charge < -0.3 is 9.64 Å². The van der Waals surface area contributed by atoms with Crippen LogP contribution in [-0.2, 0) is 4.74 Å². The molecule has 1 fully saturated rings. The molecule has 3 N–H and O–H groups in total. The third-order valence-corrected chi connectivity index (χ3v) is 3.64. The largest absolute Gasteiger partial charge is 0.374 e. The SMILES string of the molecule is Cc1cc(C)c(C(NN)C2CN(C)CCO2)c(F)c1. The van der Waals surface area contributed by atoms with Crippen LogP contribution < -0.4 is 11.3 Å². The number of likely N-dealkylation sites (N-methyl/N-ethyl adjacent to an activating group) is 1. The van der Waals surface area contributed by atoms with Gasteiger partial charge in [0, 0.05) is 18.7 Å². The lowest BCUT2D eigenvalue weighted by atomic mass is 9.94. The number of nitrogens with zero attached hydrogens (tertiary/aromatic N) is 1. The van der Waals surface area contributed by atoms with E-state index >= 15 is 0 Å². The Morgan fingerprint density at radius 1 is 1.47 bits per heavy atom. The molecule has 0 spiro atoms. The van der Waals surface area contributed by atoms with Crippen LogP contribution in [0.5, 0.6) is 0 Å². The van der Waals surface area contributed by atoms with Crippen molar-refractivity contribution in [1.29, 1.82) is 0 Å². The summed E-state index contributed by atoms with van der Waals surface area (Å²) in [7, 11) is 2.03. The van der Waals surface area contributed by atoms with Crippen molar-refractivity contribution in [2.24, 2.45) is 5.84 Å². The molecule has 0 saturated carbocycles. The Bertz CT molecular complexity index is 429. The van der Waals surface area contributed by atoms with Crippen LogP contribution in [0.15, 0.2) is 12.1 Å². The molecule has 1 heterocycles. The second kappa shape index (κ2) is 5.96. The molecule has 2 unspecified atom stereocenters. The molecular weight excluding hydrogens is 245 g/mol. The maximum Gasteiger partial charge on any atom is 0.128 e. The molecule has 19 heavy (non-hydrogen) atoms. The summed E-state index contributed by atoms with van der Waals surface area (Å²) >= 11 is 0. The lowest BCUT2D eigenvalue weighted by molar-refractivity contribution is -0.0399. The number of halogens is 1. The first-order valence-electron chi connectivity index (χ1n) is 6.56. The Labute approximate surface area is 113 Å². The zero-order valence-electron chi connectivity index (χ0n) is 11.7.